The van der Waals surface area contributed by atoms with Gasteiger partial charge in [-0.2, -0.15) is 0 Å². The van der Waals surface area contributed by atoms with Crippen molar-refractivity contribution in [3.8, 4) is 0 Å². The van der Waals surface area contributed by atoms with Crippen molar-refractivity contribution in [2.24, 2.45) is 0 Å². The molecule has 0 radical (unpaired) electrons. The van der Waals surface area contributed by atoms with Gasteiger partial charge in [0.05, 0.1) is 20.1 Å². The molecule has 0 heterocycles. The van der Waals surface area contributed by atoms with Crippen LogP contribution in [0.5, 0.6) is 0 Å². The molecule has 1 atom stereocenters. The van der Waals surface area contributed by atoms with E-state index in [9.17, 15) is 0 Å². The Hall–Kier alpha value is -0.380. The third-order valence-electron chi connectivity index (χ3n) is 3.32. The Bertz CT molecular complexity index is 307. The minimum absolute atomic E-state index is 1.12. The Morgan fingerprint density at radius 3 is 2.12 bits per heavy atom. The molecule has 0 aliphatic carbocycles. The van der Waals surface area contributed by atoms with Crippen LogP contribution in [0.3, 0.4) is 0 Å². The Morgan fingerprint density at radius 2 is 1.59 bits per heavy atom. The summed E-state index contributed by atoms with van der Waals surface area (Å²) in [7, 11) is 2.28. The highest BCUT2D eigenvalue weighted by Gasteiger charge is 2.08. The lowest BCUT2D eigenvalue weighted by Gasteiger charge is -2.19. The fourth-order valence-corrected chi connectivity index (χ4v) is 2.30. The predicted molar refractivity (Wildman–Crippen MR) is 76.5 cm³/mol. The molecule has 0 aromatic heterocycles. The molecule has 0 spiro atoms. The van der Waals surface area contributed by atoms with E-state index in [0.29, 0.717) is 0 Å². The van der Waals surface area contributed by atoms with Crippen molar-refractivity contribution in [1.29, 1.82) is 0 Å². The van der Waals surface area contributed by atoms with E-state index in [4.69, 9.17) is 0 Å². The first-order valence-corrected chi connectivity index (χ1v) is 7.34. The number of nitrogens with one attached hydrogen (secondary N) is 2. The van der Waals surface area contributed by atoms with Crippen molar-refractivity contribution < 1.29 is 9.80 Å². The van der Waals surface area contributed by atoms with Gasteiger partial charge in [-0.3, -0.25) is 0 Å². The topological polar surface area (TPSA) is 8.88 Å². The maximum Gasteiger partial charge on any atom is 0.127 e. The second kappa shape index (κ2) is 7.85. The molecular formula is C14H25BrN2+2. The van der Waals surface area contributed by atoms with Gasteiger partial charge in [-0.05, 0) is 26.0 Å². The zero-order valence-corrected chi connectivity index (χ0v) is 12.8. The van der Waals surface area contributed by atoms with Gasteiger partial charge in [0, 0.05) is 10.0 Å². The van der Waals surface area contributed by atoms with Gasteiger partial charge in [0.2, 0.25) is 0 Å². The van der Waals surface area contributed by atoms with Gasteiger partial charge in [-0.1, -0.05) is 28.1 Å². The van der Waals surface area contributed by atoms with Gasteiger partial charge >= 0.3 is 0 Å². The van der Waals surface area contributed by atoms with Crippen LogP contribution < -0.4 is 9.80 Å². The summed E-state index contributed by atoms with van der Waals surface area (Å²) in [5, 5.41) is 0. The smallest absolute Gasteiger partial charge is 0.127 e. The molecule has 1 aromatic carbocycles. The monoisotopic (exact) mass is 300 g/mol. The maximum atomic E-state index is 3.47. The molecule has 96 valence electrons. The SMILES string of the molecule is CC[NH+](CC)CC[NH+](C)Cc1ccc(Br)cc1. The molecule has 1 aromatic rings. The molecule has 17 heavy (non-hydrogen) atoms. The Kier molecular flexibility index (Phi) is 6.78. The molecule has 0 fully saturated rings. The van der Waals surface area contributed by atoms with E-state index >= 15 is 0 Å². The summed E-state index contributed by atoms with van der Waals surface area (Å²) in [6, 6.07) is 8.66. The van der Waals surface area contributed by atoms with Crippen molar-refractivity contribution in [2.45, 2.75) is 20.4 Å². The molecule has 1 rings (SSSR count). The van der Waals surface area contributed by atoms with Crippen LogP contribution in [0.25, 0.3) is 0 Å². The first-order valence-electron chi connectivity index (χ1n) is 6.55. The molecule has 3 heteroatoms. The van der Waals surface area contributed by atoms with Crippen LogP contribution in [0, 0.1) is 0 Å². The number of hydrogen-bond donors (Lipinski definition) is 2. The largest absolute Gasteiger partial charge is 0.331 e. The summed E-state index contributed by atoms with van der Waals surface area (Å²) in [5.41, 5.74) is 1.42. The highest BCUT2D eigenvalue weighted by atomic mass is 79.9. The number of hydrogen-bond acceptors (Lipinski definition) is 0. The predicted octanol–water partition coefficient (Wildman–Crippen LogP) is 0.389. The molecule has 0 aliphatic rings. The van der Waals surface area contributed by atoms with E-state index in [1.54, 1.807) is 9.80 Å². The number of rotatable bonds is 7. The molecular weight excluding hydrogens is 276 g/mol. The second-order valence-electron chi connectivity index (χ2n) is 4.72. The number of benzene rings is 1. The standard InChI is InChI=1S/C14H23BrN2/c1-4-17(5-2)11-10-16(3)12-13-6-8-14(15)9-7-13/h6-9H,4-5,10-12H2,1-3H3/p+2. The van der Waals surface area contributed by atoms with Crippen LogP contribution in [0.4, 0.5) is 0 Å². The molecule has 2 N–H and O–H groups in total. The maximum absolute atomic E-state index is 3.47. The minimum Gasteiger partial charge on any atom is -0.331 e. The van der Waals surface area contributed by atoms with Crippen molar-refractivity contribution in [3.63, 3.8) is 0 Å². The molecule has 0 saturated heterocycles. The van der Waals surface area contributed by atoms with E-state index in [-0.39, 0.29) is 0 Å². The van der Waals surface area contributed by atoms with Crippen LogP contribution in [0.2, 0.25) is 0 Å². The molecule has 0 amide bonds. The van der Waals surface area contributed by atoms with E-state index in [2.05, 4.69) is 61.1 Å². The lowest BCUT2D eigenvalue weighted by Crippen LogP contribution is -3.18. The lowest BCUT2D eigenvalue weighted by atomic mass is 10.2. The summed E-state index contributed by atoms with van der Waals surface area (Å²) in [4.78, 5) is 3.28. The van der Waals surface area contributed by atoms with Crippen LogP contribution in [-0.2, 0) is 6.54 Å². The first kappa shape index (κ1) is 14.7. The number of halogens is 1. The molecule has 1 unspecified atom stereocenters. The van der Waals surface area contributed by atoms with Crippen LogP contribution in [0.15, 0.2) is 28.7 Å². The van der Waals surface area contributed by atoms with Gasteiger partial charge in [-0.25, -0.2) is 0 Å². The molecule has 0 aliphatic heterocycles. The van der Waals surface area contributed by atoms with Crippen LogP contribution in [-0.4, -0.2) is 33.2 Å². The summed E-state index contributed by atoms with van der Waals surface area (Å²) < 4.78 is 1.16. The van der Waals surface area contributed by atoms with Crippen molar-refractivity contribution in [3.05, 3.63) is 34.3 Å². The zero-order valence-electron chi connectivity index (χ0n) is 11.2. The fourth-order valence-electron chi connectivity index (χ4n) is 2.03. The summed E-state index contributed by atoms with van der Waals surface area (Å²) in [6.07, 6.45) is 0. The molecule has 0 saturated carbocycles. The Labute approximate surface area is 114 Å². The van der Waals surface area contributed by atoms with Crippen molar-refractivity contribution in [1.82, 2.24) is 0 Å². The van der Waals surface area contributed by atoms with E-state index in [1.165, 1.54) is 31.7 Å². The highest BCUT2D eigenvalue weighted by molar-refractivity contribution is 9.10. The van der Waals surface area contributed by atoms with Crippen molar-refractivity contribution >= 4 is 15.9 Å². The van der Waals surface area contributed by atoms with Gasteiger partial charge in [-0.15, -0.1) is 0 Å². The third kappa shape index (κ3) is 5.66. The number of quaternary nitrogens is 2. The normalized spacial score (nSPS) is 13.0. The first-order chi connectivity index (χ1) is 8.15. The highest BCUT2D eigenvalue weighted by Crippen LogP contribution is 2.09. The molecule has 2 nitrogen and oxygen atoms in total. The lowest BCUT2D eigenvalue weighted by molar-refractivity contribution is -0.953. The van der Waals surface area contributed by atoms with Gasteiger partial charge < -0.3 is 9.80 Å². The van der Waals surface area contributed by atoms with E-state index in [0.717, 1.165) is 11.0 Å². The third-order valence-corrected chi connectivity index (χ3v) is 3.85. The summed E-state index contributed by atoms with van der Waals surface area (Å²) in [6.45, 7) is 10.6. The fraction of sp³-hybridized carbons (Fsp3) is 0.571. The van der Waals surface area contributed by atoms with E-state index < -0.39 is 0 Å². The van der Waals surface area contributed by atoms with Crippen LogP contribution in [0.1, 0.15) is 19.4 Å². The average Bonchev–Trinajstić information content (AvgIpc) is 2.33. The number of likely N-dealkylation sites (N-methyl/N-ethyl adjacent to an activating group) is 2. The minimum atomic E-state index is 1.12. The zero-order chi connectivity index (χ0) is 12.7. The Balaban J connectivity index is 2.34. The van der Waals surface area contributed by atoms with Crippen LogP contribution >= 0.6 is 15.9 Å². The molecule has 0 bridgehead atoms. The van der Waals surface area contributed by atoms with Gasteiger partial charge in [0.15, 0.2) is 0 Å². The second-order valence-corrected chi connectivity index (χ2v) is 5.63. The van der Waals surface area contributed by atoms with Crippen molar-refractivity contribution in [2.75, 3.05) is 33.2 Å². The quantitative estimate of drug-likeness (QED) is 0.721. The van der Waals surface area contributed by atoms with Gasteiger partial charge in [0.25, 0.3) is 0 Å². The summed E-state index contributed by atoms with van der Waals surface area (Å²) >= 11 is 3.47. The van der Waals surface area contributed by atoms with Gasteiger partial charge in [0.1, 0.15) is 19.6 Å². The summed E-state index contributed by atoms with van der Waals surface area (Å²) in [5.74, 6) is 0. The van der Waals surface area contributed by atoms with E-state index in [1.807, 2.05) is 0 Å². The Morgan fingerprint density at radius 1 is 1.00 bits per heavy atom. The average molecular weight is 301 g/mol.